The first kappa shape index (κ1) is 9.01. The lowest BCUT2D eigenvalue weighted by Crippen LogP contribution is -2.11. The quantitative estimate of drug-likeness (QED) is 0.764. The summed E-state index contributed by atoms with van der Waals surface area (Å²) in [6.45, 7) is 0. The van der Waals surface area contributed by atoms with Crippen molar-refractivity contribution in [3.05, 3.63) is 34.8 Å². The van der Waals surface area contributed by atoms with Gasteiger partial charge in [0, 0.05) is 16.9 Å². The molecule has 72 valence electrons. The maximum Gasteiger partial charge on any atom is 0.272 e. The second kappa shape index (κ2) is 3.67. The average Bonchev–Trinajstić information content (AvgIpc) is 2.75. The lowest BCUT2D eigenvalue weighted by atomic mass is 10.4. The largest absolute Gasteiger partial charge is 0.356 e. The first-order valence-electron chi connectivity index (χ1n) is 3.90. The van der Waals surface area contributed by atoms with Crippen LogP contribution in [0.5, 0.6) is 0 Å². The van der Waals surface area contributed by atoms with Gasteiger partial charge in [0.1, 0.15) is 5.69 Å². The van der Waals surface area contributed by atoms with Crippen molar-refractivity contribution in [3.63, 3.8) is 0 Å². The fraction of sp³-hybridized carbons (Fsp3) is 0. The SMILES string of the molecule is O=C(Nc1cn[nH]c1)c1cc(Br)c[nH]1. The predicted octanol–water partition coefficient (Wildman–Crippen LogP) is 1.75. The summed E-state index contributed by atoms with van der Waals surface area (Å²) < 4.78 is 0.842. The highest BCUT2D eigenvalue weighted by Crippen LogP contribution is 2.12. The minimum atomic E-state index is -0.197. The minimum Gasteiger partial charge on any atom is -0.356 e. The van der Waals surface area contributed by atoms with Crippen molar-refractivity contribution >= 4 is 27.5 Å². The molecule has 2 rings (SSSR count). The van der Waals surface area contributed by atoms with E-state index in [1.807, 2.05) is 0 Å². The summed E-state index contributed by atoms with van der Waals surface area (Å²) in [6, 6.07) is 1.70. The Balaban J connectivity index is 2.10. The number of hydrogen-bond acceptors (Lipinski definition) is 2. The number of halogens is 1. The number of nitrogens with one attached hydrogen (secondary N) is 3. The van der Waals surface area contributed by atoms with Gasteiger partial charge in [0.2, 0.25) is 0 Å². The van der Waals surface area contributed by atoms with E-state index in [-0.39, 0.29) is 5.91 Å². The van der Waals surface area contributed by atoms with Crippen molar-refractivity contribution in [2.75, 3.05) is 5.32 Å². The van der Waals surface area contributed by atoms with Crippen molar-refractivity contribution in [3.8, 4) is 0 Å². The molecule has 0 spiro atoms. The maximum atomic E-state index is 11.5. The molecule has 2 aromatic rings. The molecular formula is C8H7BrN4O. The molecule has 0 aliphatic rings. The Bertz CT molecular complexity index is 434. The molecule has 0 aromatic carbocycles. The molecule has 2 aromatic heterocycles. The van der Waals surface area contributed by atoms with Gasteiger partial charge >= 0.3 is 0 Å². The summed E-state index contributed by atoms with van der Waals surface area (Å²) in [5.74, 6) is -0.197. The highest BCUT2D eigenvalue weighted by molar-refractivity contribution is 9.10. The Morgan fingerprint density at radius 2 is 2.36 bits per heavy atom. The van der Waals surface area contributed by atoms with Gasteiger partial charge in [-0.15, -0.1) is 0 Å². The van der Waals surface area contributed by atoms with Crippen LogP contribution in [0.2, 0.25) is 0 Å². The van der Waals surface area contributed by atoms with Gasteiger partial charge in [0.15, 0.2) is 0 Å². The maximum absolute atomic E-state index is 11.5. The smallest absolute Gasteiger partial charge is 0.272 e. The van der Waals surface area contributed by atoms with Crippen molar-refractivity contribution in [2.24, 2.45) is 0 Å². The normalized spacial score (nSPS) is 10.1. The highest BCUT2D eigenvalue weighted by atomic mass is 79.9. The van der Waals surface area contributed by atoms with Crippen LogP contribution in [0, 0.1) is 0 Å². The van der Waals surface area contributed by atoms with Crippen LogP contribution in [0.25, 0.3) is 0 Å². The van der Waals surface area contributed by atoms with Gasteiger partial charge in [-0.05, 0) is 22.0 Å². The fourth-order valence-electron chi connectivity index (χ4n) is 1.02. The van der Waals surface area contributed by atoms with Gasteiger partial charge in [-0.25, -0.2) is 0 Å². The zero-order valence-electron chi connectivity index (χ0n) is 7.04. The topological polar surface area (TPSA) is 73.6 Å². The molecular weight excluding hydrogens is 248 g/mol. The van der Waals surface area contributed by atoms with Crippen molar-refractivity contribution in [2.45, 2.75) is 0 Å². The lowest BCUT2D eigenvalue weighted by molar-refractivity contribution is 0.102. The van der Waals surface area contributed by atoms with Crippen LogP contribution in [0.15, 0.2) is 29.1 Å². The molecule has 0 radical (unpaired) electrons. The third kappa shape index (κ3) is 1.85. The van der Waals surface area contributed by atoms with Crippen LogP contribution in [-0.2, 0) is 0 Å². The van der Waals surface area contributed by atoms with Gasteiger partial charge in [-0.3, -0.25) is 9.89 Å². The summed E-state index contributed by atoms with van der Waals surface area (Å²) in [5, 5.41) is 8.99. The number of hydrogen-bond donors (Lipinski definition) is 3. The van der Waals surface area contributed by atoms with Gasteiger partial charge < -0.3 is 10.3 Å². The summed E-state index contributed by atoms with van der Waals surface area (Å²) >= 11 is 3.25. The third-order valence-electron chi connectivity index (χ3n) is 1.65. The molecule has 0 fully saturated rings. The van der Waals surface area contributed by atoms with Crippen LogP contribution in [0.1, 0.15) is 10.5 Å². The zero-order valence-corrected chi connectivity index (χ0v) is 8.63. The Morgan fingerprint density at radius 1 is 1.50 bits per heavy atom. The number of amides is 1. The second-order valence-electron chi connectivity index (χ2n) is 2.67. The number of rotatable bonds is 2. The molecule has 3 N–H and O–H groups in total. The van der Waals surface area contributed by atoms with Crippen molar-refractivity contribution in [1.82, 2.24) is 15.2 Å². The molecule has 0 aliphatic heterocycles. The van der Waals surface area contributed by atoms with Crippen LogP contribution in [-0.4, -0.2) is 21.1 Å². The molecule has 6 heteroatoms. The minimum absolute atomic E-state index is 0.197. The summed E-state index contributed by atoms with van der Waals surface area (Å²) in [6.07, 6.45) is 4.84. The average molecular weight is 255 g/mol. The van der Waals surface area contributed by atoms with E-state index in [4.69, 9.17) is 0 Å². The van der Waals surface area contributed by atoms with Gasteiger partial charge in [-0.1, -0.05) is 0 Å². The molecule has 14 heavy (non-hydrogen) atoms. The van der Waals surface area contributed by atoms with Crippen LogP contribution >= 0.6 is 15.9 Å². The summed E-state index contributed by atoms with van der Waals surface area (Å²) in [5.41, 5.74) is 1.14. The van der Waals surface area contributed by atoms with Crippen molar-refractivity contribution < 1.29 is 4.79 Å². The monoisotopic (exact) mass is 254 g/mol. The fourth-order valence-corrected chi connectivity index (χ4v) is 1.36. The van der Waals surface area contributed by atoms with E-state index in [2.05, 4.69) is 36.4 Å². The van der Waals surface area contributed by atoms with E-state index in [9.17, 15) is 4.79 Å². The molecule has 0 saturated carbocycles. The van der Waals surface area contributed by atoms with E-state index < -0.39 is 0 Å². The van der Waals surface area contributed by atoms with E-state index in [1.165, 1.54) is 6.20 Å². The molecule has 1 amide bonds. The third-order valence-corrected chi connectivity index (χ3v) is 2.11. The Hall–Kier alpha value is -1.56. The Labute approximate surface area is 88.0 Å². The molecule has 5 nitrogen and oxygen atoms in total. The van der Waals surface area contributed by atoms with Crippen LogP contribution in [0.3, 0.4) is 0 Å². The van der Waals surface area contributed by atoms with Crippen LogP contribution in [0.4, 0.5) is 5.69 Å². The summed E-state index contributed by atoms with van der Waals surface area (Å²) in [7, 11) is 0. The standard InChI is InChI=1S/C8H7BrN4O/c9-5-1-7(10-2-5)8(14)13-6-3-11-12-4-6/h1-4,10H,(H,11,12)(H,13,14). The van der Waals surface area contributed by atoms with E-state index in [0.717, 1.165) is 4.47 Å². The van der Waals surface area contributed by atoms with Crippen LogP contribution < -0.4 is 5.32 Å². The Kier molecular flexibility index (Phi) is 2.36. The molecule has 2 heterocycles. The first-order chi connectivity index (χ1) is 6.75. The number of aromatic amines is 2. The van der Waals surface area contributed by atoms with Crippen molar-refractivity contribution in [1.29, 1.82) is 0 Å². The molecule has 0 atom stereocenters. The van der Waals surface area contributed by atoms with E-state index in [1.54, 1.807) is 18.5 Å². The van der Waals surface area contributed by atoms with Gasteiger partial charge in [0.25, 0.3) is 5.91 Å². The molecule has 0 bridgehead atoms. The first-order valence-corrected chi connectivity index (χ1v) is 4.69. The number of aromatic nitrogens is 3. The number of H-pyrrole nitrogens is 2. The highest BCUT2D eigenvalue weighted by Gasteiger charge is 2.07. The van der Waals surface area contributed by atoms with E-state index >= 15 is 0 Å². The Morgan fingerprint density at radius 3 is 2.93 bits per heavy atom. The molecule has 0 saturated heterocycles. The molecule has 0 unspecified atom stereocenters. The molecule has 0 aliphatic carbocycles. The summed E-state index contributed by atoms with van der Waals surface area (Å²) in [4.78, 5) is 14.3. The van der Waals surface area contributed by atoms with Gasteiger partial charge in [0.05, 0.1) is 11.9 Å². The lowest BCUT2D eigenvalue weighted by Gasteiger charge is -1.98. The second-order valence-corrected chi connectivity index (χ2v) is 3.59. The predicted molar refractivity (Wildman–Crippen MR) is 55.0 cm³/mol. The number of carbonyl (C=O) groups is 1. The number of nitrogens with zero attached hydrogens (tertiary/aromatic N) is 1. The van der Waals surface area contributed by atoms with Gasteiger partial charge in [-0.2, -0.15) is 5.10 Å². The number of carbonyl (C=O) groups excluding carboxylic acids is 1. The zero-order chi connectivity index (χ0) is 9.97. The number of anilines is 1. The van der Waals surface area contributed by atoms with E-state index in [0.29, 0.717) is 11.4 Å².